The molecule has 1 N–H and O–H groups in total. The summed E-state index contributed by atoms with van der Waals surface area (Å²) in [6.07, 6.45) is -2.86. The summed E-state index contributed by atoms with van der Waals surface area (Å²) in [4.78, 5) is 18.1. The molecule has 1 aliphatic heterocycles. The first-order chi connectivity index (χ1) is 12.3. The minimum atomic E-state index is -4.42. The van der Waals surface area contributed by atoms with Gasteiger partial charge in [-0.25, -0.2) is 9.78 Å². The predicted molar refractivity (Wildman–Crippen MR) is 87.9 cm³/mol. The Labute approximate surface area is 148 Å². The van der Waals surface area contributed by atoms with Crippen LogP contribution < -0.4 is 5.32 Å². The standard InChI is InChI=1S/C17H18F3N5O/c1-24-14-5-4-12(17(18,19)20)7-13(14)23-15(24)9-22-16(26)25-6-2-3-11(8-21)10-25/h4-5,7,11H,2-3,6,9-10H2,1H3,(H,22,26)/t11-/m1/s1. The van der Waals surface area contributed by atoms with Gasteiger partial charge in [0.2, 0.25) is 0 Å². The number of urea groups is 1. The van der Waals surface area contributed by atoms with Crippen molar-refractivity contribution in [3.63, 3.8) is 0 Å². The molecule has 2 heterocycles. The van der Waals surface area contributed by atoms with Crippen LogP contribution in [-0.2, 0) is 19.8 Å². The van der Waals surface area contributed by atoms with E-state index in [1.165, 1.54) is 6.07 Å². The molecular formula is C17H18F3N5O. The lowest BCUT2D eigenvalue weighted by molar-refractivity contribution is -0.137. The molecule has 1 aromatic heterocycles. The number of nitriles is 1. The normalized spacial score (nSPS) is 18.0. The lowest BCUT2D eigenvalue weighted by Crippen LogP contribution is -2.45. The molecule has 138 valence electrons. The average Bonchev–Trinajstić information content (AvgIpc) is 2.94. The Hall–Kier alpha value is -2.76. The van der Waals surface area contributed by atoms with Crippen molar-refractivity contribution in [3.8, 4) is 6.07 Å². The number of carbonyl (C=O) groups excluding carboxylic acids is 1. The van der Waals surface area contributed by atoms with E-state index in [2.05, 4.69) is 16.4 Å². The zero-order chi connectivity index (χ0) is 18.9. The highest BCUT2D eigenvalue weighted by molar-refractivity contribution is 5.77. The van der Waals surface area contributed by atoms with Gasteiger partial charge in [-0.1, -0.05) is 0 Å². The van der Waals surface area contributed by atoms with Crippen molar-refractivity contribution in [2.75, 3.05) is 13.1 Å². The summed E-state index contributed by atoms with van der Waals surface area (Å²) in [6.45, 7) is 1.07. The van der Waals surface area contributed by atoms with Gasteiger partial charge in [0.1, 0.15) is 5.82 Å². The molecule has 6 nitrogen and oxygen atoms in total. The van der Waals surface area contributed by atoms with Crippen molar-refractivity contribution >= 4 is 17.1 Å². The van der Waals surface area contributed by atoms with Crippen molar-refractivity contribution in [2.24, 2.45) is 13.0 Å². The van der Waals surface area contributed by atoms with Gasteiger partial charge in [0.05, 0.1) is 35.1 Å². The first-order valence-corrected chi connectivity index (χ1v) is 8.24. The zero-order valence-corrected chi connectivity index (χ0v) is 14.2. The SMILES string of the molecule is Cn1c(CNC(=O)N2CCC[C@H](C#N)C2)nc2cc(C(F)(F)F)ccc21. The average molecular weight is 365 g/mol. The molecule has 2 amide bonds. The van der Waals surface area contributed by atoms with Crippen LogP contribution in [0.15, 0.2) is 18.2 Å². The minimum Gasteiger partial charge on any atom is -0.331 e. The Morgan fingerprint density at radius 1 is 1.46 bits per heavy atom. The van der Waals surface area contributed by atoms with E-state index in [1.54, 1.807) is 16.5 Å². The van der Waals surface area contributed by atoms with Gasteiger partial charge in [-0.15, -0.1) is 0 Å². The van der Waals surface area contributed by atoms with Crippen LogP contribution in [0.4, 0.5) is 18.0 Å². The lowest BCUT2D eigenvalue weighted by Gasteiger charge is -2.29. The first-order valence-electron chi connectivity index (χ1n) is 8.24. The summed E-state index contributed by atoms with van der Waals surface area (Å²) in [7, 11) is 1.69. The van der Waals surface area contributed by atoms with Gasteiger partial charge in [0, 0.05) is 20.1 Å². The fourth-order valence-corrected chi connectivity index (χ4v) is 3.12. The first kappa shape index (κ1) is 18.0. The number of aromatic nitrogens is 2. The fraction of sp³-hybridized carbons (Fsp3) is 0.471. The molecule has 1 atom stereocenters. The molecule has 2 aromatic rings. The second kappa shape index (κ2) is 6.86. The number of likely N-dealkylation sites (tertiary alicyclic amines) is 1. The van der Waals surface area contributed by atoms with Crippen LogP contribution in [-0.4, -0.2) is 33.6 Å². The van der Waals surface area contributed by atoms with Crippen molar-refractivity contribution in [2.45, 2.75) is 25.6 Å². The fourth-order valence-electron chi connectivity index (χ4n) is 3.12. The third-order valence-corrected chi connectivity index (χ3v) is 4.59. The second-order valence-electron chi connectivity index (χ2n) is 6.36. The molecule has 0 aliphatic carbocycles. The lowest BCUT2D eigenvalue weighted by atomic mass is 10.0. The number of hydrogen-bond donors (Lipinski definition) is 1. The second-order valence-corrected chi connectivity index (χ2v) is 6.36. The van der Waals surface area contributed by atoms with Crippen LogP contribution in [0.5, 0.6) is 0 Å². The monoisotopic (exact) mass is 365 g/mol. The number of nitrogens with one attached hydrogen (secondary N) is 1. The number of nitrogens with zero attached hydrogens (tertiary/aromatic N) is 4. The number of carbonyl (C=O) groups is 1. The molecule has 9 heteroatoms. The van der Waals surface area contributed by atoms with Crippen LogP contribution in [0.3, 0.4) is 0 Å². The predicted octanol–water partition coefficient (Wildman–Crippen LogP) is 3.04. The summed E-state index contributed by atoms with van der Waals surface area (Å²) in [5.41, 5.74) is 0.0356. The Morgan fingerprint density at radius 2 is 2.23 bits per heavy atom. The third-order valence-electron chi connectivity index (χ3n) is 4.59. The number of rotatable bonds is 2. The van der Waals surface area contributed by atoms with Gasteiger partial charge in [-0.05, 0) is 31.0 Å². The van der Waals surface area contributed by atoms with Gasteiger partial charge in [0.25, 0.3) is 0 Å². The van der Waals surface area contributed by atoms with Gasteiger partial charge in [0.15, 0.2) is 0 Å². The number of piperidine rings is 1. The molecular weight excluding hydrogens is 347 g/mol. The molecule has 0 spiro atoms. The van der Waals surface area contributed by atoms with Crippen molar-refractivity contribution in [1.29, 1.82) is 5.26 Å². The van der Waals surface area contributed by atoms with Crippen LogP contribution in [0.2, 0.25) is 0 Å². The summed E-state index contributed by atoms with van der Waals surface area (Å²) in [5.74, 6) is 0.299. The molecule has 1 fully saturated rings. The highest BCUT2D eigenvalue weighted by Crippen LogP contribution is 2.31. The van der Waals surface area contributed by atoms with E-state index in [4.69, 9.17) is 5.26 Å². The number of fused-ring (bicyclic) bond motifs is 1. The zero-order valence-electron chi connectivity index (χ0n) is 14.2. The molecule has 0 saturated carbocycles. The van der Waals surface area contributed by atoms with Crippen LogP contribution >= 0.6 is 0 Å². The Balaban J connectivity index is 1.72. The van der Waals surface area contributed by atoms with E-state index < -0.39 is 11.7 Å². The Morgan fingerprint density at radius 3 is 2.92 bits per heavy atom. The smallest absolute Gasteiger partial charge is 0.331 e. The topological polar surface area (TPSA) is 74.0 Å². The van der Waals surface area contributed by atoms with Crippen LogP contribution in [0.1, 0.15) is 24.2 Å². The number of amides is 2. The summed E-state index contributed by atoms with van der Waals surface area (Å²) >= 11 is 0. The molecule has 26 heavy (non-hydrogen) atoms. The number of halogens is 3. The van der Waals surface area contributed by atoms with E-state index in [0.29, 0.717) is 24.4 Å². The molecule has 0 bridgehead atoms. The molecule has 1 aliphatic rings. The number of hydrogen-bond acceptors (Lipinski definition) is 3. The summed E-state index contributed by atoms with van der Waals surface area (Å²) in [6, 6.07) is 5.27. The van der Waals surface area contributed by atoms with Crippen molar-refractivity contribution < 1.29 is 18.0 Å². The molecule has 0 unspecified atom stereocenters. The maximum atomic E-state index is 12.8. The van der Waals surface area contributed by atoms with Gasteiger partial charge >= 0.3 is 12.2 Å². The van der Waals surface area contributed by atoms with Gasteiger partial charge < -0.3 is 14.8 Å². The van der Waals surface area contributed by atoms with E-state index in [9.17, 15) is 18.0 Å². The van der Waals surface area contributed by atoms with E-state index >= 15 is 0 Å². The van der Waals surface area contributed by atoms with Crippen LogP contribution in [0, 0.1) is 17.2 Å². The number of aryl methyl sites for hydroxylation is 1. The maximum absolute atomic E-state index is 12.8. The Kier molecular flexibility index (Phi) is 4.76. The van der Waals surface area contributed by atoms with E-state index in [-0.39, 0.29) is 24.0 Å². The number of benzene rings is 1. The molecule has 1 saturated heterocycles. The third kappa shape index (κ3) is 3.59. The number of alkyl halides is 3. The highest BCUT2D eigenvalue weighted by Gasteiger charge is 2.31. The van der Waals surface area contributed by atoms with Crippen molar-refractivity contribution in [3.05, 3.63) is 29.6 Å². The van der Waals surface area contributed by atoms with E-state index in [0.717, 1.165) is 25.0 Å². The van der Waals surface area contributed by atoms with E-state index in [1.807, 2.05) is 0 Å². The quantitative estimate of drug-likeness (QED) is 0.889. The molecule has 3 rings (SSSR count). The minimum absolute atomic E-state index is 0.0963. The maximum Gasteiger partial charge on any atom is 0.416 e. The summed E-state index contributed by atoms with van der Waals surface area (Å²) < 4.78 is 40.1. The Bertz CT molecular complexity index is 868. The van der Waals surface area contributed by atoms with Crippen molar-refractivity contribution in [1.82, 2.24) is 19.8 Å². The largest absolute Gasteiger partial charge is 0.416 e. The molecule has 1 aromatic carbocycles. The number of imidazole rings is 1. The summed E-state index contributed by atoms with van der Waals surface area (Å²) in [5, 5.41) is 11.7. The van der Waals surface area contributed by atoms with Crippen LogP contribution in [0.25, 0.3) is 11.0 Å². The molecule has 0 radical (unpaired) electrons. The van der Waals surface area contributed by atoms with Gasteiger partial charge in [-0.2, -0.15) is 18.4 Å². The van der Waals surface area contributed by atoms with Gasteiger partial charge in [-0.3, -0.25) is 0 Å². The highest BCUT2D eigenvalue weighted by atomic mass is 19.4.